The molecular weight excluding hydrogens is 1080 g/mol. The molecule has 0 heterocycles. The van der Waals surface area contributed by atoms with Gasteiger partial charge in [0.1, 0.15) is 0 Å². The molecule has 0 nitrogen and oxygen atoms in total. The Morgan fingerprint density at radius 2 is 0.714 bits per heavy atom. The van der Waals surface area contributed by atoms with Crippen LogP contribution >= 0.6 is 31.7 Å². The first-order valence-electron chi connectivity index (χ1n) is 29.4. The van der Waals surface area contributed by atoms with Crippen molar-refractivity contribution >= 4 is 124 Å². The van der Waals surface area contributed by atoms with E-state index in [2.05, 4.69) is 335 Å². The van der Waals surface area contributed by atoms with Crippen LogP contribution in [-0.4, -0.2) is 5.66 Å². The average molecular weight is 1150 g/mol. The summed E-state index contributed by atoms with van der Waals surface area (Å²) in [6, 6.07) is 118. The number of rotatable bonds is 14. The highest BCUT2D eigenvalue weighted by Crippen LogP contribution is 2.50. The maximum atomic E-state index is 2.68. The predicted molar refractivity (Wildman–Crippen MR) is 371 cm³/mol. The van der Waals surface area contributed by atoms with Gasteiger partial charge in [-0.25, -0.2) is 0 Å². The van der Waals surface area contributed by atoms with Gasteiger partial charge in [0, 0.05) is 5.66 Å². The Labute approximate surface area is 500 Å². The zero-order valence-electron chi connectivity index (χ0n) is 47.3. The van der Waals surface area contributed by atoms with Crippen molar-refractivity contribution in [1.29, 1.82) is 0 Å². The fraction of sp³-hybridized carbons (Fsp3) is 0.0750. The van der Waals surface area contributed by atoms with Gasteiger partial charge in [0.2, 0.25) is 0 Å². The van der Waals surface area contributed by atoms with E-state index in [0.29, 0.717) is 0 Å². The number of benzene rings is 12. The van der Waals surface area contributed by atoms with Crippen LogP contribution in [0.25, 0.3) is 34.1 Å². The van der Waals surface area contributed by atoms with Gasteiger partial charge in [0.25, 0.3) is 0 Å². The number of fused-ring (bicyclic) bond motifs is 3. The monoisotopic (exact) mass is 1150 g/mol. The lowest BCUT2D eigenvalue weighted by atomic mass is 9.81. The maximum Gasteiger partial charge on any atom is 0.0195 e. The number of hydrogen-bond donors (Lipinski definition) is 0. The van der Waals surface area contributed by atoms with Crippen LogP contribution in [0.5, 0.6) is 0 Å². The van der Waals surface area contributed by atoms with Crippen LogP contribution in [0.1, 0.15) is 31.4 Å². The molecule has 12 aromatic carbocycles. The summed E-state index contributed by atoms with van der Waals surface area (Å²) >= 11 is 0. The van der Waals surface area contributed by atoms with E-state index in [1.54, 1.807) is 0 Å². The first kappa shape index (κ1) is 54.1. The van der Waals surface area contributed by atoms with Crippen LogP contribution in [0.4, 0.5) is 0 Å². The van der Waals surface area contributed by atoms with Crippen LogP contribution < -0.4 is 79.2 Å². The van der Waals surface area contributed by atoms with E-state index in [9.17, 15) is 0 Å². The highest BCUT2D eigenvalue weighted by atomic mass is 31.1. The van der Waals surface area contributed by atoms with Crippen LogP contribution in [-0.2, 0) is 0 Å². The summed E-state index contributed by atoms with van der Waals surface area (Å²) in [5.41, 5.74) is 5.81. The lowest BCUT2D eigenvalue weighted by Gasteiger charge is -2.38. The van der Waals surface area contributed by atoms with Crippen molar-refractivity contribution in [2.75, 3.05) is 0 Å². The lowest BCUT2D eigenvalue weighted by Crippen LogP contribution is -2.47. The molecule has 0 aliphatic heterocycles. The predicted octanol–water partition coefficient (Wildman–Crippen LogP) is 12.3. The zero-order chi connectivity index (χ0) is 56.3. The second-order valence-electron chi connectivity index (χ2n) is 22.1. The fourth-order valence-corrected chi connectivity index (χ4v) is 23.8. The summed E-state index contributed by atoms with van der Waals surface area (Å²) in [6.07, 6.45) is 6.20. The minimum Gasteiger partial charge on any atom is -0.0728 e. The third-order valence-electron chi connectivity index (χ3n) is 16.8. The SMILES string of the molecule is CC1C=c2c(C3=c4ccccc4=CC(C)C3P(c3ccccc3)c3ccccc3)c(P(c3ccccc3)c3ccccc3)ccc2=C(c2ccc(P(c3ccccc3)c3ccccc3)c3c(P(c4ccccc4)c4ccccc4)cccc23)C1. The van der Waals surface area contributed by atoms with Crippen LogP contribution in [0.2, 0.25) is 0 Å². The Morgan fingerprint density at radius 1 is 0.321 bits per heavy atom. The van der Waals surface area contributed by atoms with E-state index >= 15 is 0 Å². The molecule has 0 aromatic heterocycles. The van der Waals surface area contributed by atoms with Gasteiger partial charge in [-0.15, -0.1) is 0 Å². The Balaban J connectivity index is 1.13. The van der Waals surface area contributed by atoms with Gasteiger partial charge < -0.3 is 0 Å². The molecule has 3 atom stereocenters. The molecule has 0 saturated carbocycles. The summed E-state index contributed by atoms with van der Waals surface area (Å²) < 4.78 is 0. The third-order valence-corrected chi connectivity index (χ3v) is 27.2. The molecule has 2 aliphatic carbocycles. The minimum atomic E-state index is -1.03. The normalized spacial score (nSPS) is 15.7. The first-order chi connectivity index (χ1) is 41.6. The van der Waals surface area contributed by atoms with Gasteiger partial charge in [-0.05, 0) is 162 Å². The van der Waals surface area contributed by atoms with Crippen molar-refractivity contribution in [3.8, 4) is 0 Å². The van der Waals surface area contributed by atoms with Crippen molar-refractivity contribution in [2.45, 2.75) is 25.9 Å². The molecule has 0 N–H and O–H groups in total. The maximum absolute atomic E-state index is 2.68. The van der Waals surface area contributed by atoms with Gasteiger partial charge in [-0.3, -0.25) is 0 Å². The van der Waals surface area contributed by atoms with E-state index < -0.39 is 31.7 Å². The number of hydrogen-bond acceptors (Lipinski definition) is 0. The quantitative estimate of drug-likeness (QED) is 0.0952. The molecule has 0 fully saturated rings. The summed E-state index contributed by atoms with van der Waals surface area (Å²) in [5.74, 6) is 0.486. The van der Waals surface area contributed by atoms with Crippen molar-refractivity contribution in [3.63, 3.8) is 0 Å². The second kappa shape index (κ2) is 24.4. The smallest absolute Gasteiger partial charge is 0.0195 e. The van der Waals surface area contributed by atoms with Gasteiger partial charge in [-0.2, -0.15) is 0 Å². The van der Waals surface area contributed by atoms with Gasteiger partial charge in [0.15, 0.2) is 0 Å². The Morgan fingerprint density at radius 3 is 1.18 bits per heavy atom. The van der Waals surface area contributed by atoms with Gasteiger partial charge in [-0.1, -0.05) is 335 Å². The molecule has 0 spiro atoms. The highest BCUT2D eigenvalue weighted by Gasteiger charge is 2.38. The van der Waals surface area contributed by atoms with Crippen LogP contribution in [0.3, 0.4) is 0 Å². The topological polar surface area (TPSA) is 0 Å². The molecule has 2 aliphatic rings. The second-order valence-corrected chi connectivity index (χ2v) is 31.0. The molecule has 84 heavy (non-hydrogen) atoms. The Kier molecular flexibility index (Phi) is 15.7. The minimum absolute atomic E-state index is 0.163. The molecule has 4 heteroatoms. The van der Waals surface area contributed by atoms with Crippen molar-refractivity contribution in [1.82, 2.24) is 0 Å². The molecular formula is C80H64P4. The van der Waals surface area contributed by atoms with E-state index in [4.69, 9.17) is 0 Å². The summed E-state index contributed by atoms with van der Waals surface area (Å²) in [5, 5.41) is 23.3. The standard InChI is InChI=1S/C80H64P4/c1-57-54-72(69-50-52-75(82(62-35-15-5-16-36-62)63-37-17-6-18-38-63)77-71(69)48-29-49-74(77)81(60-31-11-3-12-32-60)61-33-13-4-14-34-61)70-51-53-76(83(64-39-19-7-20-40-64)65-41-21-8-22-42-65)78(73(70)55-57)79-68-47-28-27-30-59(68)56-58(2)80(79)84(66-43-23-9-24-44-66)67-45-25-10-26-46-67/h3-53,55-58,80H,54H2,1-2H3. The van der Waals surface area contributed by atoms with E-state index in [1.807, 2.05) is 0 Å². The van der Waals surface area contributed by atoms with Gasteiger partial charge in [0.05, 0.1) is 0 Å². The van der Waals surface area contributed by atoms with Crippen molar-refractivity contribution in [2.24, 2.45) is 11.8 Å². The molecule has 12 aromatic rings. The summed E-state index contributed by atoms with van der Waals surface area (Å²) in [6.45, 7) is 4.98. The van der Waals surface area contributed by atoms with E-state index in [-0.39, 0.29) is 17.5 Å². The molecule has 14 rings (SSSR count). The van der Waals surface area contributed by atoms with E-state index in [0.717, 1.165) is 6.42 Å². The molecule has 0 bridgehead atoms. The zero-order valence-corrected chi connectivity index (χ0v) is 50.9. The Bertz CT molecular complexity index is 4290. The molecule has 404 valence electrons. The summed E-state index contributed by atoms with van der Waals surface area (Å²) in [4.78, 5) is 0. The highest BCUT2D eigenvalue weighted by molar-refractivity contribution is 7.82. The molecule has 0 radical (unpaired) electrons. The van der Waals surface area contributed by atoms with Crippen molar-refractivity contribution < 1.29 is 0 Å². The van der Waals surface area contributed by atoms with Crippen molar-refractivity contribution in [3.05, 3.63) is 341 Å². The first-order valence-corrected chi connectivity index (χ1v) is 34.9. The molecule has 3 unspecified atom stereocenters. The molecule has 0 amide bonds. The fourth-order valence-electron chi connectivity index (χ4n) is 13.3. The lowest BCUT2D eigenvalue weighted by molar-refractivity contribution is 0.782. The van der Waals surface area contributed by atoms with Gasteiger partial charge >= 0.3 is 0 Å². The largest absolute Gasteiger partial charge is 0.0728 e. The van der Waals surface area contributed by atoms with Crippen LogP contribution in [0, 0.1) is 11.8 Å². The average Bonchev–Trinajstić information content (AvgIpc) is 1.37. The summed E-state index contributed by atoms with van der Waals surface area (Å²) in [7, 11) is -3.89. The van der Waals surface area contributed by atoms with E-state index in [1.165, 1.54) is 112 Å². The third kappa shape index (κ3) is 10.4. The van der Waals surface area contributed by atoms with Crippen LogP contribution in [0.15, 0.2) is 309 Å². The Hall–Kier alpha value is -7.90. The molecule has 0 saturated heterocycles.